The van der Waals surface area contributed by atoms with Crippen molar-refractivity contribution in [3.05, 3.63) is 259 Å². The normalized spacial score (nSPS) is 11.9. The fourth-order valence-corrected chi connectivity index (χ4v) is 9.65. The van der Waals surface area contributed by atoms with E-state index in [1.807, 2.05) is 109 Å². The highest BCUT2D eigenvalue weighted by Crippen LogP contribution is 2.47. The summed E-state index contributed by atoms with van der Waals surface area (Å²) < 4.78 is 0. The number of hydrogen-bond donors (Lipinski definition) is 0. The van der Waals surface area contributed by atoms with Gasteiger partial charge in [-0.2, -0.15) is 0 Å². The molecule has 0 saturated carbocycles. The molecule has 0 aliphatic carbocycles. The van der Waals surface area contributed by atoms with Crippen LogP contribution in [0, 0.1) is 0 Å². The van der Waals surface area contributed by atoms with E-state index in [0.717, 1.165) is 93.3 Å². The highest BCUT2D eigenvalue weighted by molar-refractivity contribution is 6.25. The summed E-state index contributed by atoms with van der Waals surface area (Å²) in [6.45, 7) is 4.39. The summed E-state index contributed by atoms with van der Waals surface area (Å²) in [4.78, 5) is 30.3. The summed E-state index contributed by atoms with van der Waals surface area (Å²) in [7, 11) is 0. The molecule has 0 spiro atoms. The lowest BCUT2D eigenvalue weighted by Gasteiger charge is -2.20. The molecule has 0 amide bonds. The molecule has 6 nitrogen and oxygen atoms in total. The van der Waals surface area contributed by atoms with E-state index in [1.165, 1.54) is 5.39 Å². The van der Waals surface area contributed by atoms with E-state index in [0.29, 0.717) is 35.7 Å². The molecular weight excluding hydrogens is 865 g/mol. The fourth-order valence-electron chi connectivity index (χ4n) is 9.65. The highest BCUT2D eigenvalue weighted by Gasteiger charge is 2.22. The van der Waals surface area contributed by atoms with Gasteiger partial charge in [0.05, 0.1) is 6.54 Å². The van der Waals surface area contributed by atoms with Crippen LogP contribution in [0.5, 0.6) is 0 Å². The van der Waals surface area contributed by atoms with Gasteiger partial charge in [0, 0.05) is 27.8 Å². The van der Waals surface area contributed by atoms with E-state index in [4.69, 9.17) is 24.9 Å². The van der Waals surface area contributed by atoms with Gasteiger partial charge in [0.25, 0.3) is 0 Å². The van der Waals surface area contributed by atoms with Crippen LogP contribution in [0.2, 0.25) is 0 Å². The largest absolute Gasteiger partial charge is 0.261 e. The minimum Gasteiger partial charge on any atom is -0.261 e. The molecule has 12 rings (SSSR count). The first kappa shape index (κ1) is 42.8. The first-order valence-corrected chi connectivity index (χ1v) is 23.7. The number of nitrogens with zero attached hydrogens (tertiary/aromatic N) is 6. The number of aliphatic imine (C=N–C) groups is 3. The van der Waals surface area contributed by atoms with Gasteiger partial charge in [-0.15, -0.1) is 0 Å². The first-order chi connectivity index (χ1) is 35.1. The Labute approximate surface area is 411 Å². The predicted octanol–water partition coefficient (Wildman–Crippen LogP) is 15.9. The van der Waals surface area contributed by atoms with Gasteiger partial charge >= 0.3 is 0 Å². The standard InChI is InChI=1S/C65H44N6/c1-66-61(46-23-8-3-9-24-46)68-62(67-42-43-19-6-2-7-20-43)51-35-37-55-58(40-51)60(54-32-18-30-45-22-16-17-31-53(45)54)56-38-36-52(41-57(56)59(55)50-34-33-44-21-14-15-29-49(44)39-50)65-70-63(47-25-10-4-11-26-47)69-64(71-65)48-27-12-5-13-28-48/h2-41H,1,42H2/b67-62-,68-61-. The lowest BCUT2D eigenvalue weighted by Crippen LogP contribution is -2.06. The van der Waals surface area contributed by atoms with Crippen molar-refractivity contribution >= 4 is 61.5 Å². The molecular formula is C65H44N6. The van der Waals surface area contributed by atoms with Crippen LogP contribution < -0.4 is 0 Å². The van der Waals surface area contributed by atoms with Crippen LogP contribution in [0.3, 0.4) is 0 Å². The number of benzene rings is 11. The number of rotatable bonds is 9. The monoisotopic (exact) mass is 908 g/mol. The van der Waals surface area contributed by atoms with Crippen LogP contribution in [-0.2, 0) is 6.54 Å². The van der Waals surface area contributed by atoms with E-state index < -0.39 is 0 Å². The van der Waals surface area contributed by atoms with E-state index in [9.17, 15) is 0 Å². The molecule has 0 radical (unpaired) electrons. The van der Waals surface area contributed by atoms with Gasteiger partial charge in [0.1, 0.15) is 0 Å². The third-order valence-electron chi connectivity index (χ3n) is 13.1. The van der Waals surface area contributed by atoms with Crippen molar-refractivity contribution in [1.29, 1.82) is 0 Å². The highest BCUT2D eigenvalue weighted by atomic mass is 15.0. The minimum absolute atomic E-state index is 0.436. The molecule has 12 aromatic rings. The number of aromatic nitrogens is 3. The molecule has 1 aromatic heterocycles. The van der Waals surface area contributed by atoms with Crippen molar-refractivity contribution in [3.8, 4) is 56.4 Å². The van der Waals surface area contributed by atoms with Gasteiger partial charge in [0.15, 0.2) is 29.1 Å². The molecule has 0 atom stereocenters. The van der Waals surface area contributed by atoms with E-state index in [1.54, 1.807) is 0 Å². The predicted molar refractivity (Wildman–Crippen MR) is 296 cm³/mol. The van der Waals surface area contributed by atoms with Crippen LogP contribution >= 0.6 is 0 Å². The molecule has 6 heteroatoms. The van der Waals surface area contributed by atoms with Gasteiger partial charge in [-0.1, -0.05) is 224 Å². The Morgan fingerprint density at radius 1 is 0.352 bits per heavy atom. The molecule has 0 aliphatic rings. The van der Waals surface area contributed by atoms with Crippen molar-refractivity contribution in [2.75, 3.05) is 0 Å². The molecule has 0 N–H and O–H groups in total. The van der Waals surface area contributed by atoms with Crippen LogP contribution in [0.4, 0.5) is 0 Å². The Morgan fingerprint density at radius 2 is 0.901 bits per heavy atom. The fraction of sp³-hybridized carbons (Fsp3) is 0.0154. The number of amidine groups is 2. The Balaban J connectivity index is 1.17. The molecule has 1 heterocycles. The Bertz CT molecular complexity index is 3960. The molecule has 0 bridgehead atoms. The van der Waals surface area contributed by atoms with E-state index >= 15 is 0 Å². The topological polar surface area (TPSA) is 75.8 Å². The Morgan fingerprint density at radius 3 is 1.61 bits per heavy atom. The molecule has 0 saturated heterocycles. The second-order valence-corrected chi connectivity index (χ2v) is 17.5. The number of fused-ring (bicyclic) bond motifs is 4. The van der Waals surface area contributed by atoms with Crippen LogP contribution in [0.1, 0.15) is 16.7 Å². The molecule has 71 heavy (non-hydrogen) atoms. The second kappa shape index (κ2) is 18.9. The maximum Gasteiger partial charge on any atom is 0.164 e. The molecule has 334 valence electrons. The van der Waals surface area contributed by atoms with Gasteiger partial charge in [-0.05, 0) is 95.8 Å². The summed E-state index contributed by atoms with van der Waals surface area (Å²) in [5.41, 5.74) is 9.93. The molecule has 0 unspecified atom stereocenters. The summed E-state index contributed by atoms with van der Waals surface area (Å²) >= 11 is 0. The SMILES string of the molecule is C=N/C(=N\C(=N/Cc1ccccc1)c1ccc2c(-c3ccc4ccccc4c3)c3cc(-c4nc(-c5ccccc5)nc(-c5ccccc5)n4)ccc3c(-c3cccc4ccccc34)c2c1)c1ccccc1. The zero-order valence-electron chi connectivity index (χ0n) is 38.7. The van der Waals surface area contributed by atoms with Crippen LogP contribution in [0.15, 0.2) is 258 Å². The maximum atomic E-state index is 5.24. The zero-order valence-corrected chi connectivity index (χ0v) is 38.7. The molecule has 0 aliphatic heterocycles. The zero-order chi connectivity index (χ0) is 47.5. The first-order valence-electron chi connectivity index (χ1n) is 23.7. The van der Waals surface area contributed by atoms with Gasteiger partial charge < -0.3 is 0 Å². The number of hydrogen-bond acceptors (Lipinski definition) is 4. The average Bonchev–Trinajstić information content (AvgIpc) is 3.45. The third kappa shape index (κ3) is 8.45. The average molecular weight is 909 g/mol. The van der Waals surface area contributed by atoms with Crippen LogP contribution in [-0.4, -0.2) is 33.3 Å². The Kier molecular flexibility index (Phi) is 11.4. The summed E-state index contributed by atoms with van der Waals surface area (Å²) in [5, 5.41) is 8.95. The van der Waals surface area contributed by atoms with E-state index in [-0.39, 0.29) is 0 Å². The molecule has 11 aromatic carbocycles. The molecule has 0 fully saturated rings. The van der Waals surface area contributed by atoms with Crippen molar-refractivity contribution in [3.63, 3.8) is 0 Å². The summed E-state index contributed by atoms with van der Waals surface area (Å²) in [6.07, 6.45) is 0. The van der Waals surface area contributed by atoms with Gasteiger partial charge in [-0.3, -0.25) is 4.99 Å². The second-order valence-electron chi connectivity index (χ2n) is 17.5. The summed E-state index contributed by atoms with van der Waals surface area (Å²) in [5.74, 6) is 2.88. The van der Waals surface area contributed by atoms with Gasteiger partial charge in [-0.25, -0.2) is 24.9 Å². The van der Waals surface area contributed by atoms with Crippen molar-refractivity contribution in [2.24, 2.45) is 15.0 Å². The Hall–Kier alpha value is -9.52. The van der Waals surface area contributed by atoms with Crippen molar-refractivity contribution in [1.82, 2.24) is 15.0 Å². The summed E-state index contributed by atoms with van der Waals surface area (Å²) in [6, 6.07) is 84.4. The quantitative estimate of drug-likeness (QED) is 0.0822. The third-order valence-corrected chi connectivity index (χ3v) is 13.1. The van der Waals surface area contributed by atoms with Crippen LogP contribution in [0.25, 0.3) is 99.5 Å². The smallest absolute Gasteiger partial charge is 0.164 e. The van der Waals surface area contributed by atoms with E-state index in [2.05, 4.69) is 145 Å². The minimum atomic E-state index is 0.436. The lowest BCUT2D eigenvalue weighted by atomic mass is 9.83. The lowest BCUT2D eigenvalue weighted by molar-refractivity contribution is 1.06. The van der Waals surface area contributed by atoms with Gasteiger partial charge in [0.2, 0.25) is 0 Å². The van der Waals surface area contributed by atoms with Crippen molar-refractivity contribution < 1.29 is 0 Å². The maximum absolute atomic E-state index is 5.24. The van der Waals surface area contributed by atoms with Crippen molar-refractivity contribution in [2.45, 2.75) is 6.54 Å².